The van der Waals surface area contributed by atoms with Crippen LogP contribution in [0.5, 0.6) is 0 Å². The number of rotatable bonds is 50. The van der Waals surface area contributed by atoms with E-state index in [-0.39, 0.29) is 32.0 Å². The van der Waals surface area contributed by atoms with E-state index in [1.165, 1.54) is 193 Å². The van der Waals surface area contributed by atoms with Crippen LogP contribution >= 0.6 is 7.82 Å². The average molecular weight is 914 g/mol. The molecule has 0 saturated heterocycles. The number of likely N-dealkylation sites (N-methyl/N-ethyl adjacent to an activating group) is 1. The molecule has 0 spiro atoms. The number of unbranched alkanes of at least 4 members (excludes halogenated alkanes) is 34. The van der Waals surface area contributed by atoms with Crippen molar-refractivity contribution in [3.8, 4) is 0 Å². The average Bonchev–Trinajstić information content (AvgIpc) is 3.24. The number of quaternary nitrogens is 1. The Balaban J connectivity index is 4.19. The molecule has 0 saturated carbocycles. The van der Waals surface area contributed by atoms with Crippen LogP contribution in [0.15, 0.2) is 12.2 Å². The van der Waals surface area contributed by atoms with E-state index in [1.54, 1.807) is 0 Å². The topological polar surface area (TPSA) is 111 Å². The number of phosphoric ester groups is 1. The lowest BCUT2D eigenvalue weighted by atomic mass is 10.0. The van der Waals surface area contributed by atoms with Gasteiger partial charge in [0.2, 0.25) is 0 Å². The largest absolute Gasteiger partial charge is 0.756 e. The highest BCUT2D eigenvalue weighted by molar-refractivity contribution is 7.45. The first kappa shape index (κ1) is 61.8. The molecule has 0 heterocycles. The smallest absolute Gasteiger partial charge is 0.306 e. The number of hydrogen-bond acceptors (Lipinski definition) is 8. The van der Waals surface area contributed by atoms with E-state index in [9.17, 15) is 19.0 Å². The molecule has 0 aromatic rings. The molecule has 0 N–H and O–H groups in total. The van der Waals surface area contributed by atoms with Crippen LogP contribution in [0.25, 0.3) is 0 Å². The highest BCUT2D eigenvalue weighted by Gasteiger charge is 2.21. The highest BCUT2D eigenvalue weighted by atomic mass is 31.2. The van der Waals surface area contributed by atoms with Gasteiger partial charge in [0.25, 0.3) is 7.82 Å². The summed E-state index contributed by atoms with van der Waals surface area (Å²) in [5.41, 5.74) is 0. The molecule has 0 fully saturated rings. The Morgan fingerprint density at radius 1 is 0.476 bits per heavy atom. The van der Waals surface area contributed by atoms with Crippen molar-refractivity contribution in [2.45, 2.75) is 270 Å². The fourth-order valence-electron chi connectivity index (χ4n) is 7.83. The zero-order valence-electron chi connectivity index (χ0n) is 42.3. The van der Waals surface area contributed by atoms with Crippen LogP contribution in [0, 0.1) is 0 Å². The van der Waals surface area contributed by atoms with Gasteiger partial charge in [-0.3, -0.25) is 14.2 Å². The molecule has 0 aliphatic carbocycles. The predicted molar refractivity (Wildman–Crippen MR) is 264 cm³/mol. The monoisotopic (exact) mass is 914 g/mol. The molecule has 0 aliphatic rings. The Hall–Kier alpha value is -1.25. The maximum absolute atomic E-state index is 12.8. The zero-order chi connectivity index (χ0) is 46.4. The number of hydrogen-bond donors (Lipinski definition) is 0. The minimum absolute atomic E-state index is 0.0276. The van der Waals surface area contributed by atoms with Crippen molar-refractivity contribution in [3.05, 3.63) is 12.2 Å². The lowest BCUT2D eigenvalue weighted by Gasteiger charge is -2.28. The van der Waals surface area contributed by atoms with Crippen LogP contribution < -0.4 is 4.89 Å². The molecule has 0 aliphatic heterocycles. The second-order valence-electron chi connectivity index (χ2n) is 19.6. The molecule has 0 rings (SSSR count). The molecular formula is C53H104NO8P. The van der Waals surface area contributed by atoms with Crippen LogP contribution in [0.1, 0.15) is 264 Å². The molecule has 9 nitrogen and oxygen atoms in total. The van der Waals surface area contributed by atoms with Crippen molar-refractivity contribution >= 4 is 19.8 Å². The summed E-state index contributed by atoms with van der Waals surface area (Å²) >= 11 is 0. The molecule has 0 aromatic carbocycles. The number of allylic oxidation sites excluding steroid dienone is 2. The first-order chi connectivity index (χ1) is 30.5. The Kier molecular flexibility index (Phi) is 45.0. The molecule has 2 unspecified atom stereocenters. The van der Waals surface area contributed by atoms with Gasteiger partial charge in [-0.25, -0.2) is 0 Å². The third-order valence-corrected chi connectivity index (χ3v) is 13.0. The minimum Gasteiger partial charge on any atom is -0.756 e. The lowest BCUT2D eigenvalue weighted by Crippen LogP contribution is -2.37. The van der Waals surface area contributed by atoms with E-state index in [2.05, 4.69) is 26.0 Å². The van der Waals surface area contributed by atoms with Gasteiger partial charge in [0.05, 0.1) is 27.7 Å². The van der Waals surface area contributed by atoms with E-state index < -0.39 is 26.5 Å². The van der Waals surface area contributed by atoms with Crippen LogP contribution in [0.2, 0.25) is 0 Å². The highest BCUT2D eigenvalue weighted by Crippen LogP contribution is 2.38. The Morgan fingerprint density at radius 3 is 1.17 bits per heavy atom. The van der Waals surface area contributed by atoms with Crippen molar-refractivity contribution in [1.82, 2.24) is 0 Å². The molecule has 0 amide bonds. The van der Waals surface area contributed by atoms with Gasteiger partial charge in [-0.2, -0.15) is 0 Å². The fraction of sp³-hybridized carbons (Fsp3) is 0.925. The van der Waals surface area contributed by atoms with Gasteiger partial charge >= 0.3 is 11.9 Å². The second kappa shape index (κ2) is 45.9. The van der Waals surface area contributed by atoms with Crippen molar-refractivity contribution in [1.29, 1.82) is 0 Å². The van der Waals surface area contributed by atoms with Gasteiger partial charge in [-0.15, -0.1) is 0 Å². The van der Waals surface area contributed by atoms with Gasteiger partial charge < -0.3 is 27.9 Å². The van der Waals surface area contributed by atoms with Gasteiger partial charge in [0, 0.05) is 12.8 Å². The first-order valence-electron chi connectivity index (χ1n) is 26.9. The van der Waals surface area contributed by atoms with Crippen molar-refractivity contribution in [3.63, 3.8) is 0 Å². The molecule has 0 bridgehead atoms. The van der Waals surface area contributed by atoms with Crippen molar-refractivity contribution < 1.29 is 42.1 Å². The molecule has 374 valence electrons. The standard InChI is InChI=1S/C53H104NO8P/c1-6-8-10-12-14-16-18-20-22-24-26-28-29-31-33-35-37-39-41-43-45-52(55)59-49-51(50-61-63(57,58)60-48-47-54(3,4)5)62-53(56)46-44-42-40-38-36-34-32-30-27-25-23-21-19-17-15-13-11-9-7-2/h21,23,51H,6-20,22,24-50H2,1-5H3/b23-21-. The number of phosphoric acid groups is 1. The van der Waals surface area contributed by atoms with Gasteiger partial charge in [-0.05, 0) is 38.5 Å². The molecule has 10 heteroatoms. The molecule has 0 aromatic heterocycles. The van der Waals surface area contributed by atoms with Crippen molar-refractivity contribution in [2.24, 2.45) is 0 Å². The number of carbonyl (C=O) groups excluding carboxylic acids is 2. The number of esters is 2. The molecular weight excluding hydrogens is 810 g/mol. The maximum atomic E-state index is 12.8. The lowest BCUT2D eigenvalue weighted by molar-refractivity contribution is -0.870. The van der Waals surface area contributed by atoms with Gasteiger partial charge in [0.15, 0.2) is 6.10 Å². The van der Waals surface area contributed by atoms with E-state index in [0.29, 0.717) is 17.4 Å². The minimum atomic E-state index is -4.63. The molecule has 63 heavy (non-hydrogen) atoms. The summed E-state index contributed by atoms with van der Waals surface area (Å²) < 4.78 is 34.1. The van der Waals surface area contributed by atoms with Crippen LogP contribution in [-0.2, 0) is 32.7 Å². The van der Waals surface area contributed by atoms with Gasteiger partial charge in [-0.1, -0.05) is 225 Å². The molecule has 0 radical (unpaired) electrons. The van der Waals surface area contributed by atoms with Gasteiger partial charge in [0.1, 0.15) is 19.8 Å². The number of nitrogens with zero attached hydrogens (tertiary/aromatic N) is 1. The Labute approximate surface area is 390 Å². The SMILES string of the molecule is CCCCCCCC/C=C\CCCCCCCCCCCC(=O)OC(COC(=O)CCCCCCCCCCCCCCCCCCCCCC)COP(=O)([O-])OCC[N+](C)(C)C. The number of carbonyl (C=O) groups is 2. The van der Waals surface area contributed by atoms with Crippen LogP contribution in [-0.4, -0.2) is 70.0 Å². The Bertz CT molecular complexity index is 1080. The predicted octanol–water partition coefficient (Wildman–Crippen LogP) is 15.5. The zero-order valence-corrected chi connectivity index (χ0v) is 43.2. The third-order valence-electron chi connectivity index (χ3n) is 12.0. The van der Waals surface area contributed by atoms with E-state index >= 15 is 0 Å². The summed E-state index contributed by atoms with van der Waals surface area (Å²) in [6, 6.07) is 0. The molecule has 2 atom stereocenters. The summed E-state index contributed by atoms with van der Waals surface area (Å²) in [5, 5.41) is 0. The Morgan fingerprint density at radius 2 is 0.810 bits per heavy atom. The summed E-state index contributed by atoms with van der Waals surface area (Å²) in [6.07, 6.45) is 51.0. The number of ether oxygens (including phenoxy) is 2. The second-order valence-corrected chi connectivity index (χ2v) is 21.0. The summed E-state index contributed by atoms with van der Waals surface area (Å²) in [4.78, 5) is 37.8. The van der Waals surface area contributed by atoms with Crippen molar-refractivity contribution in [2.75, 3.05) is 47.5 Å². The summed E-state index contributed by atoms with van der Waals surface area (Å²) in [5.74, 6) is -0.819. The van der Waals surface area contributed by atoms with E-state index in [1.807, 2.05) is 21.1 Å². The van der Waals surface area contributed by atoms with Crippen LogP contribution in [0.3, 0.4) is 0 Å². The van der Waals surface area contributed by atoms with E-state index in [4.69, 9.17) is 18.5 Å². The summed E-state index contributed by atoms with van der Waals surface area (Å²) in [7, 11) is 1.18. The first-order valence-corrected chi connectivity index (χ1v) is 28.4. The third kappa shape index (κ3) is 50.0. The maximum Gasteiger partial charge on any atom is 0.306 e. The summed E-state index contributed by atoms with van der Waals surface area (Å²) in [6.45, 7) is 4.28. The van der Waals surface area contributed by atoms with E-state index in [0.717, 1.165) is 38.5 Å². The van der Waals surface area contributed by atoms with Crippen LogP contribution in [0.4, 0.5) is 0 Å². The quantitative estimate of drug-likeness (QED) is 0.0195. The fourth-order valence-corrected chi connectivity index (χ4v) is 8.56. The normalized spacial score (nSPS) is 13.4.